The Hall–Kier alpha value is -1.86. The zero-order valence-electron chi connectivity index (χ0n) is 11.9. The van der Waals surface area contributed by atoms with E-state index in [1.165, 1.54) is 21.9 Å². The molecular weight excluding hydrogens is 244 g/mol. The zero-order valence-corrected chi connectivity index (χ0v) is 11.9. The van der Waals surface area contributed by atoms with Crippen LogP contribution in [0.3, 0.4) is 0 Å². The molecule has 1 atom stereocenters. The first kappa shape index (κ1) is 13.1. The molecule has 0 aliphatic heterocycles. The van der Waals surface area contributed by atoms with Crippen molar-refractivity contribution in [3.8, 4) is 0 Å². The Labute approximate surface area is 120 Å². The van der Waals surface area contributed by atoms with E-state index in [1.807, 2.05) is 0 Å². The molecule has 0 saturated carbocycles. The molecule has 1 unspecified atom stereocenters. The lowest BCUT2D eigenvalue weighted by Crippen LogP contribution is -2.08. The molecule has 0 amide bonds. The Kier molecular flexibility index (Phi) is 3.98. The average molecular weight is 264 g/mol. The van der Waals surface area contributed by atoms with Gasteiger partial charge in [0.05, 0.1) is 0 Å². The Morgan fingerprint density at radius 3 is 2.70 bits per heavy atom. The van der Waals surface area contributed by atoms with Gasteiger partial charge in [0.25, 0.3) is 0 Å². The lowest BCUT2D eigenvalue weighted by Gasteiger charge is -2.22. The third-order valence-corrected chi connectivity index (χ3v) is 3.77. The van der Waals surface area contributed by atoms with Gasteiger partial charge in [-0.3, -0.25) is 0 Å². The van der Waals surface area contributed by atoms with Crippen LogP contribution in [0.5, 0.6) is 0 Å². The van der Waals surface area contributed by atoms with Gasteiger partial charge in [0.2, 0.25) is 0 Å². The van der Waals surface area contributed by atoms with Crippen LogP contribution in [-0.4, -0.2) is 6.61 Å². The molecule has 0 aromatic heterocycles. The molecule has 0 saturated heterocycles. The second-order valence-electron chi connectivity index (χ2n) is 5.09. The molecule has 102 valence electrons. The van der Waals surface area contributed by atoms with Crippen molar-refractivity contribution in [3.63, 3.8) is 0 Å². The largest absolute Gasteiger partial charge is 0.369 e. The van der Waals surface area contributed by atoms with E-state index in [0.29, 0.717) is 0 Å². The Morgan fingerprint density at radius 1 is 1.05 bits per heavy atom. The van der Waals surface area contributed by atoms with Gasteiger partial charge in [-0.1, -0.05) is 60.7 Å². The van der Waals surface area contributed by atoms with E-state index in [0.717, 1.165) is 19.4 Å². The Balaban J connectivity index is 2.09. The van der Waals surface area contributed by atoms with E-state index < -0.39 is 0 Å². The molecule has 2 aromatic rings. The Bertz CT molecular complexity index is 646. The molecule has 1 aliphatic rings. The quantitative estimate of drug-likeness (QED) is 0.738. The summed E-state index contributed by atoms with van der Waals surface area (Å²) >= 11 is 0. The van der Waals surface area contributed by atoms with Crippen LogP contribution < -0.4 is 0 Å². The molecule has 2 aromatic carbocycles. The molecule has 0 radical (unpaired) electrons. The smallest absolute Gasteiger partial charge is 0.108 e. The van der Waals surface area contributed by atoms with E-state index in [1.54, 1.807) is 0 Å². The first-order chi connectivity index (χ1) is 9.90. The number of ether oxygens (including phenoxy) is 1. The fraction of sp³-hybridized carbons (Fsp3) is 0.263. The minimum absolute atomic E-state index is 0.0441. The van der Waals surface area contributed by atoms with Crippen LogP contribution in [0, 0.1) is 0 Å². The first-order valence-electron chi connectivity index (χ1n) is 7.36. The number of hydrogen-bond acceptors (Lipinski definition) is 1. The van der Waals surface area contributed by atoms with E-state index in [4.69, 9.17) is 4.74 Å². The van der Waals surface area contributed by atoms with Crippen LogP contribution >= 0.6 is 0 Å². The van der Waals surface area contributed by atoms with Gasteiger partial charge in [-0.2, -0.15) is 0 Å². The highest BCUT2D eigenvalue weighted by Crippen LogP contribution is 2.33. The normalized spacial score (nSPS) is 16.1. The van der Waals surface area contributed by atoms with Gasteiger partial charge >= 0.3 is 0 Å². The van der Waals surface area contributed by atoms with Crippen LogP contribution in [0.15, 0.2) is 66.3 Å². The van der Waals surface area contributed by atoms with Gasteiger partial charge in [0.15, 0.2) is 0 Å². The molecule has 0 N–H and O–H groups in total. The maximum absolute atomic E-state index is 6.06. The number of allylic oxidation sites excluding steroid dienone is 2. The molecule has 3 rings (SSSR count). The highest BCUT2D eigenvalue weighted by atomic mass is 16.5. The molecule has 1 aliphatic carbocycles. The van der Waals surface area contributed by atoms with Crippen LogP contribution in [0.25, 0.3) is 10.8 Å². The third kappa shape index (κ3) is 2.54. The lowest BCUT2D eigenvalue weighted by molar-refractivity contribution is 0.0914. The molecule has 1 nitrogen and oxygen atoms in total. The number of benzene rings is 2. The monoisotopic (exact) mass is 264 g/mol. The maximum atomic E-state index is 6.06. The second kappa shape index (κ2) is 6.06. The van der Waals surface area contributed by atoms with Gasteiger partial charge in [-0.25, -0.2) is 0 Å². The van der Waals surface area contributed by atoms with Crippen molar-refractivity contribution in [1.82, 2.24) is 0 Å². The fourth-order valence-corrected chi connectivity index (χ4v) is 2.84. The summed E-state index contributed by atoms with van der Waals surface area (Å²) in [4.78, 5) is 0. The minimum Gasteiger partial charge on any atom is -0.369 e. The summed E-state index contributed by atoms with van der Waals surface area (Å²) in [5.41, 5.74) is 2.55. The van der Waals surface area contributed by atoms with Crippen molar-refractivity contribution in [2.24, 2.45) is 0 Å². The SMILES string of the molecule is CCOC(C1=CCCC=C1)c1cccc2ccccc12. The van der Waals surface area contributed by atoms with E-state index >= 15 is 0 Å². The maximum Gasteiger partial charge on any atom is 0.108 e. The van der Waals surface area contributed by atoms with Gasteiger partial charge in [0, 0.05) is 6.61 Å². The average Bonchev–Trinajstić information content (AvgIpc) is 2.53. The van der Waals surface area contributed by atoms with Crippen LogP contribution in [0.2, 0.25) is 0 Å². The van der Waals surface area contributed by atoms with Gasteiger partial charge < -0.3 is 4.74 Å². The minimum atomic E-state index is 0.0441. The highest BCUT2D eigenvalue weighted by molar-refractivity contribution is 5.86. The van der Waals surface area contributed by atoms with Crippen molar-refractivity contribution in [2.75, 3.05) is 6.61 Å². The van der Waals surface area contributed by atoms with Crippen LogP contribution in [0.1, 0.15) is 31.4 Å². The van der Waals surface area contributed by atoms with E-state index in [9.17, 15) is 0 Å². The summed E-state index contributed by atoms with van der Waals surface area (Å²) in [6.07, 6.45) is 9.06. The molecule has 1 heteroatoms. The van der Waals surface area contributed by atoms with Crippen molar-refractivity contribution in [3.05, 3.63) is 71.8 Å². The molecule has 0 bridgehead atoms. The summed E-state index contributed by atoms with van der Waals surface area (Å²) in [6.45, 7) is 2.78. The summed E-state index contributed by atoms with van der Waals surface area (Å²) in [7, 11) is 0. The van der Waals surface area contributed by atoms with Gasteiger partial charge in [0.1, 0.15) is 6.10 Å². The number of fused-ring (bicyclic) bond motifs is 1. The van der Waals surface area contributed by atoms with E-state index in [-0.39, 0.29) is 6.10 Å². The third-order valence-electron chi connectivity index (χ3n) is 3.77. The summed E-state index contributed by atoms with van der Waals surface area (Å²) in [6, 6.07) is 15.0. The van der Waals surface area contributed by atoms with E-state index in [2.05, 4.69) is 67.6 Å². The van der Waals surface area contributed by atoms with Gasteiger partial charge in [-0.05, 0) is 41.7 Å². The molecule has 0 spiro atoms. The fourth-order valence-electron chi connectivity index (χ4n) is 2.84. The molecule has 0 heterocycles. The molecule has 0 fully saturated rings. The summed E-state index contributed by atoms with van der Waals surface area (Å²) in [5.74, 6) is 0. The zero-order chi connectivity index (χ0) is 13.8. The Morgan fingerprint density at radius 2 is 1.90 bits per heavy atom. The lowest BCUT2D eigenvalue weighted by atomic mass is 9.93. The van der Waals surface area contributed by atoms with Crippen molar-refractivity contribution < 1.29 is 4.74 Å². The molecule has 20 heavy (non-hydrogen) atoms. The van der Waals surface area contributed by atoms with Crippen molar-refractivity contribution in [2.45, 2.75) is 25.9 Å². The molecular formula is C19H20O. The summed E-state index contributed by atoms with van der Waals surface area (Å²) in [5, 5.41) is 2.56. The predicted molar refractivity (Wildman–Crippen MR) is 84.8 cm³/mol. The number of rotatable bonds is 4. The van der Waals surface area contributed by atoms with Gasteiger partial charge in [-0.15, -0.1) is 0 Å². The van der Waals surface area contributed by atoms with Crippen molar-refractivity contribution in [1.29, 1.82) is 0 Å². The first-order valence-corrected chi connectivity index (χ1v) is 7.36. The summed E-state index contributed by atoms with van der Waals surface area (Å²) < 4.78 is 6.06. The second-order valence-corrected chi connectivity index (χ2v) is 5.09. The predicted octanol–water partition coefficient (Wildman–Crippen LogP) is 5.19. The van der Waals surface area contributed by atoms with Crippen LogP contribution in [-0.2, 0) is 4.74 Å². The van der Waals surface area contributed by atoms with Crippen LogP contribution in [0.4, 0.5) is 0 Å². The topological polar surface area (TPSA) is 9.23 Å². The number of hydrogen-bond donors (Lipinski definition) is 0. The standard InChI is InChI=1S/C19H20O/c1-2-20-19(16-10-4-3-5-11-16)18-14-8-12-15-9-6-7-13-17(15)18/h4,6-14,19H,2-3,5H2,1H3. The van der Waals surface area contributed by atoms with Crippen molar-refractivity contribution >= 4 is 10.8 Å². The highest BCUT2D eigenvalue weighted by Gasteiger charge is 2.18.